The number of rotatable bonds is 5. The Morgan fingerprint density at radius 2 is 2.15 bits per heavy atom. The first-order chi connectivity index (χ1) is 9.47. The van der Waals surface area contributed by atoms with Crippen LogP contribution in [0.2, 0.25) is 0 Å². The number of urea groups is 1. The highest BCUT2D eigenvalue weighted by atomic mass is 16.2. The van der Waals surface area contributed by atoms with Gasteiger partial charge in [0.25, 0.3) is 0 Å². The lowest BCUT2D eigenvalue weighted by Crippen LogP contribution is -2.49. The highest BCUT2D eigenvalue weighted by molar-refractivity contribution is 5.97. The Hall–Kier alpha value is -2.55. The predicted molar refractivity (Wildman–Crippen MR) is 75.7 cm³/mol. The first-order valence-electron chi connectivity index (χ1n) is 6.35. The smallest absolute Gasteiger partial charge is 0.312 e. The largest absolute Gasteiger partial charge is 0.352 e. The average Bonchev–Trinajstić information content (AvgIpc) is 2.43. The van der Waals surface area contributed by atoms with Crippen molar-refractivity contribution in [3.63, 3.8) is 0 Å². The molecule has 4 N–H and O–H groups in total. The molecule has 1 rings (SSSR count). The summed E-state index contributed by atoms with van der Waals surface area (Å²) in [5.41, 5.74) is 6.05. The number of primary amides is 1. The topological polar surface area (TPSA) is 108 Å². The van der Waals surface area contributed by atoms with Crippen LogP contribution in [0.3, 0.4) is 0 Å². The second-order valence-electron chi connectivity index (χ2n) is 4.55. The number of anilines is 1. The van der Waals surface area contributed by atoms with Crippen molar-refractivity contribution in [1.82, 2.24) is 5.32 Å². The standard InChI is InChI=1S/C14H18N4O2/c1-3-9(2)12(18-14(16)20)13(19)17-11-6-4-5-10(7-11)8-15/h4-7,9,12H,3H2,1-2H3,(H,17,19)(H3,16,18,20)/t9-,12+/m1/s1. The minimum Gasteiger partial charge on any atom is -0.352 e. The van der Waals surface area contributed by atoms with Gasteiger partial charge in [-0.15, -0.1) is 0 Å². The molecule has 106 valence electrons. The normalized spacial score (nSPS) is 12.8. The second-order valence-corrected chi connectivity index (χ2v) is 4.55. The first kappa shape index (κ1) is 15.5. The monoisotopic (exact) mass is 274 g/mol. The fourth-order valence-electron chi connectivity index (χ4n) is 1.74. The molecule has 0 saturated carbocycles. The summed E-state index contributed by atoms with van der Waals surface area (Å²) >= 11 is 0. The quantitative estimate of drug-likeness (QED) is 0.758. The van der Waals surface area contributed by atoms with E-state index in [1.807, 2.05) is 19.9 Å². The third-order valence-electron chi connectivity index (χ3n) is 3.05. The number of carbonyl (C=O) groups is 2. The number of nitriles is 1. The molecule has 0 radical (unpaired) electrons. The van der Waals surface area contributed by atoms with Crippen LogP contribution in [0.25, 0.3) is 0 Å². The van der Waals surface area contributed by atoms with Gasteiger partial charge < -0.3 is 16.4 Å². The minimum atomic E-state index is -0.740. The lowest BCUT2D eigenvalue weighted by atomic mass is 9.98. The second kappa shape index (κ2) is 7.14. The summed E-state index contributed by atoms with van der Waals surface area (Å²) in [6.45, 7) is 3.77. The van der Waals surface area contributed by atoms with Crippen LogP contribution in [0.4, 0.5) is 10.5 Å². The van der Waals surface area contributed by atoms with Gasteiger partial charge in [-0.1, -0.05) is 26.3 Å². The Kier molecular flexibility index (Phi) is 5.54. The van der Waals surface area contributed by atoms with Gasteiger partial charge in [-0.05, 0) is 24.1 Å². The molecule has 0 unspecified atom stereocenters. The molecule has 0 heterocycles. The summed E-state index contributed by atoms with van der Waals surface area (Å²) in [5, 5.41) is 13.9. The zero-order chi connectivity index (χ0) is 15.1. The van der Waals surface area contributed by atoms with Gasteiger partial charge in [-0.3, -0.25) is 4.79 Å². The SMILES string of the molecule is CC[C@@H](C)[C@H](NC(N)=O)C(=O)Nc1cccc(C#N)c1. The molecule has 1 aromatic rings. The summed E-state index contributed by atoms with van der Waals surface area (Å²) in [6.07, 6.45) is 0.719. The molecule has 0 aromatic heterocycles. The predicted octanol–water partition coefficient (Wildman–Crippen LogP) is 1.58. The molecule has 6 heteroatoms. The van der Waals surface area contributed by atoms with Crippen molar-refractivity contribution >= 4 is 17.6 Å². The zero-order valence-corrected chi connectivity index (χ0v) is 11.5. The van der Waals surface area contributed by atoms with E-state index >= 15 is 0 Å². The molecule has 1 aromatic carbocycles. The van der Waals surface area contributed by atoms with Crippen LogP contribution in [-0.4, -0.2) is 18.0 Å². The molecule has 3 amide bonds. The number of nitrogens with one attached hydrogen (secondary N) is 2. The summed E-state index contributed by atoms with van der Waals surface area (Å²) in [6, 6.07) is 7.11. The number of hydrogen-bond donors (Lipinski definition) is 3. The van der Waals surface area contributed by atoms with Crippen molar-refractivity contribution in [3.8, 4) is 6.07 Å². The molecule has 0 aliphatic carbocycles. The van der Waals surface area contributed by atoms with E-state index in [1.54, 1.807) is 24.3 Å². The molecular weight excluding hydrogens is 256 g/mol. The van der Waals surface area contributed by atoms with Gasteiger partial charge in [0.2, 0.25) is 5.91 Å². The fraction of sp³-hybridized carbons (Fsp3) is 0.357. The molecule has 20 heavy (non-hydrogen) atoms. The summed E-state index contributed by atoms with van der Waals surface area (Å²) in [5.74, 6) is -0.408. The van der Waals surface area contributed by atoms with Crippen LogP contribution in [0.15, 0.2) is 24.3 Å². The van der Waals surface area contributed by atoms with Crippen LogP contribution in [-0.2, 0) is 4.79 Å². The molecular formula is C14H18N4O2. The van der Waals surface area contributed by atoms with Crippen molar-refractivity contribution in [2.45, 2.75) is 26.3 Å². The summed E-state index contributed by atoms with van der Waals surface area (Å²) in [4.78, 5) is 23.2. The van der Waals surface area contributed by atoms with Crippen LogP contribution in [0, 0.1) is 17.2 Å². The Labute approximate surface area is 118 Å². The van der Waals surface area contributed by atoms with Crippen molar-refractivity contribution in [2.75, 3.05) is 5.32 Å². The number of hydrogen-bond acceptors (Lipinski definition) is 3. The lowest BCUT2D eigenvalue weighted by Gasteiger charge is -2.22. The van der Waals surface area contributed by atoms with E-state index in [1.165, 1.54) is 0 Å². The Morgan fingerprint density at radius 1 is 1.45 bits per heavy atom. The van der Waals surface area contributed by atoms with Crippen LogP contribution in [0.1, 0.15) is 25.8 Å². The number of carbonyl (C=O) groups excluding carboxylic acids is 2. The maximum atomic E-state index is 12.2. The Balaban J connectivity index is 2.84. The van der Waals surface area contributed by atoms with Crippen molar-refractivity contribution in [2.24, 2.45) is 11.7 Å². The number of amides is 3. The van der Waals surface area contributed by atoms with Gasteiger partial charge in [-0.25, -0.2) is 4.79 Å². The van der Waals surface area contributed by atoms with E-state index < -0.39 is 12.1 Å². The van der Waals surface area contributed by atoms with E-state index in [2.05, 4.69) is 10.6 Å². The number of benzene rings is 1. The third kappa shape index (κ3) is 4.28. The summed E-state index contributed by atoms with van der Waals surface area (Å²) in [7, 11) is 0. The van der Waals surface area contributed by atoms with Gasteiger partial charge in [0.15, 0.2) is 0 Å². The first-order valence-corrected chi connectivity index (χ1v) is 6.35. The summed E-state index contributed by atoms with van der Waals surface area (Å²) < 4.78 is 0. The average molecular weight is 274 g/mol. The van der Waals surface area contributed by atoms with Crippen molar-refractivity contribution in [3.05, 3.63) is 29.8 Å². The molecule has 2 atom stereocenters. The molecule has 0 saturated heterocycles. The van der Waals surface area contributed by atoms with Gasteiger partial charge in [0, 0.05) is 5.69 Å². The van der Waals surface area contributed by atoms with Crippen molar-refractivity contribution in [1.29, 1.82) is 5.26 Å². The minimum absolute atomic E-state index is 0.0540. The highest BCUT2D eigenvalue weighted by Crippen LogP contribution is 2.13. The molecule has 0 fully saturated rings. The van der Waals surface area contributed by atoms with Crippen LogP contribution < -0.4 is 16.4 Å². The van der Waals surface area contributed by atoms with Crippen LogP contribution >= 0.6 is 0 Å². The van der Waals surface area contributed by atoms with Gasteiger partial charge in [0.1, 0.15) is 6.04 Å². The van der Waals surface area contributed by atoms with Crippen molar-refractivity contribution < 1.29 is 9.59 Å². The Bertz CT molecular complexity index is 536. The molecule has 6 nitrogen and oxygen atoms in total. The molecule has 0 bridgehead atoms. The van der Waals surface area contributed by atoms with Gasteiger partial charge >= 0.3 is 6.03 Å². The third-order valence-corrected chi connectivity index (χ3v) is 3.05. The highest BCUT2D eigenvalue weighted by Gasteiger charge is 2.25. The Morgan fingerprint density at radius 3 is 2.70 bits per heavy atom. The van der Waals surface area contributed by atoms with E-state index in [4.69, 9.17) is 11.0 Å². The van der Waals surface area contributed by atoms with E-state index in [-0.39, 0.29) is 11.8 Å². The molecule has 0 aliphatic heterocycles. The van der Waals surface area contributed by atoms with Crippen LogP contribution in [0.5, 0.6) is 0 Å². The van der Waals surface area contributed by atoms with Gasteiger partial charge in [-0.2, -0.15) is 5.26 Å². The fourth-order valence-corrected chi connectivity index (χ4v) is 1.74. The number of nitrogens with zero attached hydrogens (tertiary/aromatic N) is 1. The molecule has 0 spiro atoms. The zero-order valence-electron chi connectivity index (χ0n) is 11.5. The van der Waals surface area contributed by atoms with E-state index in [9.17, 15) is 9.59 Å². The maximum absolute atomic E-state index is 12.2. The van der Waals surface area contributed by atoms with E-state index in [0.717, 1.165) is 6.42 Å². The van der Waals surface area contributed by atoms with Gasteiger partial charge in [0.05, 0.1) is 11.6 Å². The number of nitrogens with two attached hydrogens (primary N) is 1. The molecule has 0 aliphatic rings. The lowest BCUT2D eigenvalue weighted by molar-refractivity contribution is -0.119. The maximum Gasteiger partial charge on any atom is 0.312 e. The van der Waals surface area contributed by atoms with E-state index in [0.29, 0.717) is 11.3 Å².